The maximum absolute atomic E-state index is 11.7. The largest absolute Gasteiger partial charge is 0.387 e. The summed E-state index contributed by atoms with van der Waals surface area (Å²) >= 11 is 1.53. The summed E-state index contributed by atoms with van der Waals surface area (Å²) in [5, 5.41) is 15.2. The summed E-state index contributed by atoms with van der Waals surface area (Å²) in [5.74, 6) is 3.05. The predicted molar refractivity (Wildman–Crippen MR) is 80.4 cm³/mol. The third kappa shape index (κ3) is 5.69. The van der Waals surface area contributed by atoms with E-state index >= 15 is 0 Å². The molecule has 0 fully saturated rings. The van der Waals surface area contributed by atoms with Crippen molar-refractivity contribution in [1.29, 1.82) is 0 Å². The second kappa shape index (κ2) is 7.07. The van der Waals surface area contributed by atoms with Gasteiger partial charge in [-0.2, -0.15) is 11.8 Å². The van der Waals surface area contributed by atoms with E-state index in [0.717, 1.165) is 0 Å². The fourth-order valence-corrected chi connectivity index (χ4v) is 2.22. The second-order valence-electron chi connectivity index (χ2n) is 4.46. The first kappa shape index (κ1) is 15.4. The molecule has 19 heavy (non-hydrogen) atoms. The van der Waals surface area contributed by atoms with Crippen LogP contribution in [0.2, 0.25) is 0 Å². The molecule has 0 saturated carbocycles. The van der Waals surface area contributed by atoms with Crippen LogP contribution in [-0.2, 0) is 0 Å². The normalized spacial score (nSPS) is 13.2. The number of terminal acetylenes is 1. The van der Waals surface area contributed by atoms with E-state index < -0.39 is 5.60 Å². The molecule has 0 aliphatic carbocycles. The van der Waals surface area contributed by atoms with Crippen molar-refractivity contribution in [2.75, 3.05) is 23.9 Å². The van der Waals surface area contributed by atoms with Crippen LogP contribution < -0.4 is 10.6 Å². The second-order valence-corrected chi connectivity index (χ2v) is 5.33. The lowest BCUT2D eigenvalue weighted by Gasteiger charge is -2.22. The number of thioether (sulfide) groups is 1. The highest BCUT2D eigenvalue weighted by atomic mass is 32.2. The molecule has 1 aromatic rings. The lowest BCUT2D eigenvalue weighted by molar-refractivity contribution is 0.0876. The molecule has 3 N–H and O–H groups in total. The van der Waals surface area contributed by atoms with E-state index in [1.54, 1.807) is 31.2 Å². The fraction of sp³-hybridized carbons (Fsp3) is 0.357. The third-order valence-electron chi connectivity index (χ3n) is 2.37. The summed E-state index contributed by atoms with van der Waals surface area (Å²) in [5.41, 5.74) is 0.405. The fourth-order valence-electron chi connectivity index (χ4n) is 1.49. The lowest BCUT2D eigenvalue weighted by atomic mass is 10.1. The molecule has 0 aliphatic heterocycles. The zero-order valence-electron chi connectivity index (χ0n) is 11.1. The molecule has 0 aliphatic rings. The van der Waals surface area contributed by atoms with E-state index in [0.29, 0.717) is 17.0 Å². The van der Waals surface area contributed by atoms with Crippen LogP contribution in [-0.4, -0.2) is 35.3 Å². The Labute approximate surface area is 118 Å². The van der Waals surface area contributed by atoms with Gasteiger partial charge in [0.2, 0.25) is 0 Å². The minimum atomic E-state index is -0.919. The van der Waals surface area contributed by atoms with Crippen LogP contribution in [0.4, 0.5) is 10.5 Å². The zero-order chi connectivity index (χ0) is 14.3. The lowest BCUT2D eigenvalue weighted by Crippen LogP contribution is -2.43. The Morgan fingerprint density at radius 2 is 2.32 bits per heavy atom. The van der Waals surface area contributed by atoms with E-state index in [1.807, 2.05) is 6.26 Å². The Morgan fingerprint density at radius 1 is 1.58 bits per heavy atom. The number of nitrogens with one attached hydrogen (secondary N) is 2. The molecule has 1 rings (SSSR count). The number of carbonyl (C=O) groups is 1. The Hall–Kier alpha value is -1.64. The third-order valence-corrected chi connectivity index (χ3v) is 3.28. The minimum Gasteiger partial charge on any atom is -0.387 e. The maximum atomic E-state index is 11.7. The average Bonchev–Trinajstić information content (AvgIpc) is 2.37. The van der Waals surface area contributed by atoms with Gasteiger partial charge in [-0.15, -0.1) is 6.42 Å². The van der Waals surface area contributed by atoms with Crippen LogP contribution in [0.5, 0.6) is 0 Å². The molecular formula is C14H18N2O2S. The summed E-state index contributed by atoms with van der Waals surface area (Å²) in [6, 6.07) is 6.65. The SMILES string of the molecule is C#Cc1cccc(NC(=O)NCC(C)(O)CSC)c1. The highest BCUT2D eigenvalue weighted by Gasteiger charge is 2.20. The molecule has 0 radical (unpaired) electrons. The summed E-state index contributed by atoms with van der Waals surface area (Å²) in [7, 11) is 0. The van der Waals surface area contributed by atoms with Crippen molar-refractivity contribution in [3.8, 4) is 12.3 Å². The van der Waals surface area contributed by atoms with Crippen LogP contribution in [0.25, 0.3) is 0 Å². The number of carbonyl (C=O) groups excluding carboxylic acids is 1. The van der Waals surface area contributed by atoms with E-state index in [2.05, 4.69) is 16.6 Å². The monoisotopic (exact) mass is 278 g/mol. The molecule has 2 amide bonds. The molecule has 4 nitrogen and oxygen atoms in total. The van der Waals surface area contributed by atoms with Crippen molar-refractivity contribution in [1.82, 2.24) is 5.32 Å². The average molecular weight is 278 g/mol. The van der Waals surface area contributed by atoms with Gasteiger partial charge in [-0.25, -0.2) is 4.79 Å². The number of hydrogen-bond acceptors (Lipinski definition) is 3. The summed E-state index contributed by atoms with van der Waals surface area (Å²) < 4.78 is 0. The molecule has 1 atom stereocenters. The Kier molecular flexibility index (Phi) is 5.74. The molecule has 0 saturated heterocycles. The number of benzene rings is 1. The molecule has 1 unspecified atom stereocenters. The van der Waals surface area contributed by atoms with Gasteiger partial charge in [0.05, 0.1) is 5.60 Å². The maximum Gasteiger partial charge on any atom is 0.319 e. The van der Waals surface area contributed by atoms with Crippen LogP contribution in [0.1, 0.15) is 12.5 Å². The van der Waals surface area contributed by atoms with Gasteiger partial charge in [-0.05, 0) is 31.4 Å². The first-order valence-electron chi connectivity index (χ1n) is 5.80. The van der Waals surface area contributed by atoms with Gasteiger partial charge in [0.1, 0.15) is 0 Å². The number of amides is 2. The Balaban J connectivity index is 2.49. The van der Waals surface area contributed by atoms with Gasteiger partial charge >= 0.3 is 6.03 Å². The molecule has 0 bridgehead atoms. The van der Waals surface area contributed by atoms with Crippen molar-refractivity contribution in [3.63, 3.8) is 0 Å². The number of rotatable bonds is 5. The molecule has 0 spiro atoms. The van der Waals surface area contributed by atoms with Crippen LogP contribution in [0, 0.1) is 12.3 Å². The van der Waals surface area contributed by atoms with Gasteiger partial charge in [0.15, 0.2) is 0 Å². The van der Waals surface area contributed by atoms with Gasteiger partial charge in [0.25, 0.3) is 0 Å². The van der Waals surface area contributed by atoms with Gasteiger partial charge in [0, 0.05) is 23.5 Å². The van der Waals surface area contributed by atoms with Crippen molar-refractivity contribution < 1.29 is 9.90 Å². The van der Waals surface area contributed by atoms with E-state index in [1.165, 1.54) is 11.8 Å². The topological polar surface area (TPSA) is 61.4 Å². The minimum absolute atomic E-state index is 0.189. The molecule has 5 heteroatoms. The van der Waals surface area contributed by atoms with Gasteiger partial charge < -0.3 is 15.7 Å². The molecular weight excluding hydrogens is 260 g/mol. The summed E-state index contributed by atoms with van der Waals surface area (Å²) in [6.07, 6.45) is 7.19. The van der Waals surface area contributed by atoms with Crippen molar-refractivity contribution in [2.24, 2.45) is 0 Å². The smallest absolute Gasteiger partial charge is 0.319 e. The van der Waals surface area contributed by atoms with Crippen LogP contribution in [0.15, 0.2) is 24.3 Å². The molecule has 0 aromatic heterocycles. The molecule has 1 aromatic carbocycles. The highest BCUT2D eigenvalue weighted by Crippen LogP contribution is 2.11. The number of hydrogen-bond donors (Lipinski definition) is 3. The van der Waals surface area contributed by atoms with Crippen LogP contribution in [0.3, 0.4) is 0 Å². The van der Waals surface area contributed by atoms with E-state index in [-0.39, 0.29) is 12.6 Å². The predicted octanol–water partition coefficient (Wildman–Crippen LogP) is 1.90. The standard InChI is InChI=1S/C14H18N2O2S/c1-4-11-6-5-7-12(8-11)16-13(17)15-9-14(2,18)10-19-3/h1,5-8,18H,9-10H2,2-3H3,(H2,15,16,17). The Bertz CT molecular complexity index is 481. The summed E-state index contributed by atoms with van der Waals surface area (Å²) in [4.78, 5) is 11.7. The van der Waals surface area contributed by atoms with Crippen molar-refractivity contribution in [3.05, 3.63) is 29.8 Å². The van der Waals surface area contributed by atoms with E-state index in [4.69, 9.17) is 6.42 Å². The quantitative estimate of drug-likeness (QED) is 0.721. The van der Waals surface area contributed by atoms with Crippen molar-refractivity contribution in [2.45, 2.75) is 12.5 Å². The van der Waals surface area contributed by atoms with E-state index in [9.17, 15) is 9.90 Å². The number of urea groups is 1. The first-order valence-corrected chi connectivity index (χ1v) is 7.19. The van der Waals surface area contributed by atoms with Crippen LogP contribution >= 0.6 is 11.8 Å². The zero-order valence-corrected chi connectivity index (χ0v) is 11.9. The number of anilines is 1. The van der Waals surface area contributed by atoms with Gasteiger partial charge in [-0.1, -0.05) is 12.0 Å². The number of aliphatic hydroxyl groups is 1. The first-order chi connectivity index (χ1) is 8.96. The van der Waals surface area contributed by atoms with Crippen molar-refractivity contribution >= 4 is 23.5 Å². The summed E-state index contributed by atoms with van der Waals surface area (Å²) in [6.45, 7) is 1.87. The molecule has 0 heterocycles. The highest BCUT2D eigenvalue weighted by molar-refractivity contribution is 7.98. The van der Waals surface area contributed by atoms with Gasteiger partial charge in [-0.3, -0.25) is 0 Å². The molecule has 102 valence electrons. The Morgan fingerprint density at radius 3 is 2.95 bits per heavy atom.